The summed E-state index contributed by atoms with van der Waals surface area (Å²) in [5.41, 5.74) is 5.63. The van der Waals surface area contributed by atoms with Crippen LogP contribution in [0.2, 0.25) is 0 Å². The van der Waals surface area contributed by atoms with Gasteiger partial charge in [-0.05, 0) is 51.0 Å². The molecule has 3 nitrogen and oxygen atoms in total. The van der Waals surface area contributed by atoms with Gasteiger partial charge in [-0.3, -0.25) is 4.79 Å². The van der Waals surface area contributed by atoms with Gasteiger partial charge in [-0.25, -0.2) is 0 Å². The first-order valence-corrected chi connectivity index (χ1v) is 8.52. The molecule has 20 heavy (non-hydrogen) atoms. The number of rotatable bonds is 6. The maximum absolute atomic E-state index is 12.4. The molecule has 1 spiro atoms. The fraction of sp³-hybridized carbons (Fsp3) is 0.941. The van der Waals surface area contributed by atoms with Gasteiger partial charge in [-0.1, -0.05) is 26.2 Å². The molecule has 2 fully saturated rings. The zero-order valence-corrected chi connectivity index (χ0v) is 13.0. The number of hydrogen-bond acceptors (Lipinski definition) is 3. The summed E-state index contributed by atoms with van der Waals surface area (Å²) < 4.78 is 6.08. The number of nitrogens with two attached hydrogens (primary N) is 1. The Morgan fingerprint density at radius 1 is 1.30 bits per heavy atom. The monoisotopic (exact) mass is 281 g/mol. The highest BCUT2D eigenvalue weighted by molar-refractivity contribution is 5.81. The first kappa shape index (κ1) is 16.0. The molecule has 2 rings (SSSR count). The minimum atomic E-state index is 0.0553. The Hall–Kier alpha value is -0.410. The van der Waals surface area contributed by atoms with E-state index in [2.05, 4.69) is 6.92 Å². The molecule has 0 aromatic heterocycles. The predicted octanol–water partition coefficient (Wildman–Crippen LogP) is 3.45. The van der Waals surface area contributed by atoms with E-state index in [1.165, 1.54) is 32.1 Å². The molecular weight excluding hydrogens is 250 g/mol. The van der Waals surface area contributed by atoms with E-state index < -0.39 is 0 Å². The van der Waals surface area contributed by atoms with E-state index in [0.29, 0.717) is 11.7 Å². The first-order valence-electron chi connectivity index (χ1n) is 8.52. The van der Waals surface area contributed by atoms with E-state index in [1.54, 1.807) is 0 Å². The lowest BCUT2D eigenvalue weighted by molar-refractivity contribution is -0.143. The van der Waals surface area contributed by atoms with Crippen molar-refractivity contribution in [1.29, 1.82) is 0 Å². The van der Waals surface area contributed by atoms with Gasteiger partial charge in [0.2, 0.25) is 0 Å². The van der Waals surface area contributed by atoms with E-state index in [9.17, 15) is 4.79 Å². The van der Waals surface area contributed by atoms with E-state index in [-0.39, 0.29) is 11.5 Å². The Kier molecular flexibility index (Phi) is 6.03. The van der Waals surface area contributed by atoms with Crippen molar-refractivity contribution in [2.45, 2.75) is 76.7 Å². The van der Waals surface area contributed by atoms with Gasteiger partial charge in [-0.2, -0.15) is 0 Å². The SMILES string of the molecule is CC(CCN)CCC(=O)C1CCOC2(CCCCC2)C1. The topological polar surface area (TPSA) is 52.3 Å². The minimum absolute atomic E-state index is 0.0553. The Morgan fingerprint density at radius 3 is 2.75 bits per heavy atom. The normalized spacial score (nSPS) is 27.4. The standard InChI is InChI=1S/C17H31NO2/c1-14(7-11-18)5-6-16(19)15-8-12-20-17(13-15)9-3-2-4-10-17/h14-15H,2-13,18H2,1H3. The highest BCUT2D eigenvalue weighted by Gasteiger charge is 2.40. The van der Waals surface area contributed by atoms with Gasteiger partial charge in [0.1, 0.15) is 5.78 Å². The molecule has 0 radical (unpaired) electrons. The van der Waals surface area contributed by atoms with Crippen LogP contribution in [0.15, 0.2) is 0 Å². The lowest BCUT2D eigenvalue weighted by atomic mass is 9.74. The van der Waals surface area contributed by atoms with Crippen molar-refractivity contribution >= 4 is 5.78 Å². The molecule has 2 atom stereocenters. The fourth-order valence-corrected chi connectivity index (χ4v) is 3.87. The third kappa shape index (κ3) is 4.29. The van der Waals surface area contributed by atoms with E-state index in [1.807, 2.05) is 0 Å². The maximum atomic E-state index is 12.4. The predicted molar refractivity (Wildman–Crippen MR) is 81.6 cm³/mol. The van der Waals surface area contributed by atoms with Crippen LogP contribution in [0.1, 0.15) is 71.1 Å². The maximum Gasteiger partial charge on any atom is 0.136 e. The summed E-state index contributed by atoms with van der Waals surface area (Å²) in [5.74, 6) is 1.31. The van der Waals surface area contributed by atoms with Gasteiger partial charge in [0, 0.05) is 18.9 Å². The molecule has 0 bridgehead atoms. The van der Waals surface area contributed by atoms with Crippen LogP contribution < -0.4 is 5.73 Å². The van der Waals surface area contributed by atoms with Crippen LogP contribution >= 0.6 is 0 Å². The second-order valence-electron chi connectivity index (χ2n) is 6.97. The number of ketones is 1. The second-order valence-corrected chi connectivity index (χ2v) is 6.97. The van der Waals surface area contributed by atoms with Gasteiger partial charge in [-0.15, -0.1) is 0 Å². The molecule has 1 heterocycles. The molecule has 2 N–H and O–H groups in total. The smallest absolute Gasteiger partial charge is 0.136 e. The fourth-order valence-electron chi connectivity index (χ4n) is 3.87. The molecule has 3 heteroatoms. The van der Waals surface area contributed by atoms with Crippen molar-refractivity contribution in [3.8, 4) is 0 Å². The third-order valence-electron chi connectivity index (χ3n) is 5.26. The van der Waals surface area contributed by atoms with E-state index in [4.69, 9.17) is 10.5 Å². The Morgan fingerprint density at radius 2 is 2.05 bits per heavy atom. The zero-order valence-electron chi connectivity index (χ0n) is 13.0. The van der Waals surface area contributed by atoms with Gasteiger partial charge in [0.15, 0.2) is 0 Å². The van der Waals surface area contributed by atoms with Crippen LogP contribution in [0.5, 0.6) is 0 Å². The molecule has 1 aliphatic carbocycles. The summed E-state index contributed by atoms with van der Waals surface area (Å²) in [4.78, 5) is 12.4. The van der Waals surface area contributed by atoms with Crippen molar-refractivity contribution in [3.05, 3.63) is 0 Å². The molecule has 0 amide bonds. The molecule has 0 aromatic carbocycles. The summed E-state index contributed by atoms with van der Waals surface area (Å²) in [6, 6.07) is 0. The van der Waals surface area contributed by atoms with Gasteiger partial charge in [0.05, 0.1) is 5.60 Å². The largest absolute Gasteiger partial charge is 0.375 e. The quantitative estimate of drug-likeness (QED) is 0.811. The summed E-state index contributed by atoms with van der Waals surface area (Å²) in [7, 11) is 0. The number of Topliss-reactive ketones (excluding diaryl/α,β-unsaturated/α-hetero) is 1. The Labute approximate surface area is 123 Å². The first-order chi connectivity index (χ1) is 9.65. The average Bonchev–Trinajstić information content (AvgIpc) is 2.46. The van der Waals surface area contributed by atoms with Crippen LogP contribution in [-0.4, -0.2) is 24.5 Å². The van der Waals surface area contributed by atoms with Crippen molar-refractivity contribution < 1.29 is 9.53 Å². The number of ether oxygens (including phenoxy) is 1. The molecule has 0 aromatic rings. The van der Waals surface area contributed by atoms with Crippen LogP contribution in [-0.2, 0) is 9.53 Å². The molecule has 2 unspecified atom stereocenters. The highest BCUT2D eigenvalue weighted by atomic mass is 16.5. The third-order valence-corrected chi connectivity index (χ3v) is 5.26. The van der Waals surface area contributed by atoms with Crippen LogP contribution in [0, 0.1) is 11.8 Å². The van der Waals surface area contributed by atoms with Crippen molar-refractivity contribution in [2.75, 3.05) is 13.2 Å². The Balaban J connectivity index is 1.80. The molecular formula is C17H31NO2. The van der Waals surface area contributed by atoms with Gasteiger partial charge < -0.3 is 10.5 Å². The average molecular weight is 281 g/mol. The summed E-state index contributed by atoms with van der Waals surface area (Å²) in [5, 5.41) is 0. The number of hydrogen-bond donors (Lipinski definition) is 1. The summed E-state index contributed by atoms with van der Waals surface area (Å²) in [6.45, 7) is 3.72. The van der Waals surface area contributed by atoms with Crippen LogP contribution in [0.4, 0.5) is 0 Å². The van der Waals surface area contributed by atoms with Gasteiger partial charge in [0.25, 0.3) is 0 Å². The highest BCUT2D eigenvalue weighted by Crippen LogP contribution is 2.41. The Bertz CT molecular complexity index is 305. The number of carbonyl (C=O) groups excluding carboxylic acids is 1. The van der Waals surface area contributed by atoms with Crippen LogP contribution in [0.3, 0.4) is 0 Å². The van der Waals surface area contributed by atoms with E-state index >= 15 is 0 Å². The molecule has 2 aliphatic rings. The zero-order chi connectivity index (χ0) is 14.4. The number of carbonyl (C=O) groups is 1. The molecule has 1 saturated heterocycles. The molecule has 1 aliphatic heterocycles. The van der Waals surface area contributed by atoms with Crippen molar-refractivity contribution in [3.63, 3.8) is 0 Å². The van der Waals surface area contributed by atoms with Crippen LogP contribution in [0.25, 0.3) is 0 Å². The van der Waals surface area contributed by atoms with E-state index in [0.717, 1.165) is 45.3 Å². The van der Waals surface area contributed by atoms with Crippen molar-refractivity contribution in [2.24, 2.45) is 17.6 Å². The molecule has 116 valence electrons. The second kappa shape index (κ2) is 7.56. The lowest BCUT2D eigenvalue weighted by Gasteiger charge is -2.43. The van der Waals surface area contributed by atoms with Gasteiger partial charge >= 0.3 is 0 Å². The minimum Gasteiger partial charge on any atom is -0.375 e. The molecule has 1 saturated carbocycles. The summed E-state index contributed by atoms with van der Waals surface area (Å²) in [6.07, 6.45) is 10.9. The van der Waals surface area contributed by atoms with Crippen molar-refractivity contribution in [1.82, 2.24) is 0 Å². The lowest BCUT2D eigenvalue weighted by Crippen LogP contribution is -2.43. The summed E-state index contributed by atoms with van der Waals surface area (Å²) >= 11 is 0.